The zero-order valence-corrected chi connectivity index (χ0v) is 17.5. The summed E-state index contributed by atoms with van der Waals surface area (Å²) in [6, 6.07) is 21.0. The Kier molecular flexibility index (Phi) is 5.66. The van der Waals surface area contributed by atoms with Gasteiger partial charge in [0.05, 0.1) is 31.2 Å². The first kappa shape index (κ1) is 20.2. The molecule has 7 nitrogen and oxygen atoms in total. The van der Waals surface area contributed by atoms with Crippen LogP contribution in [0, 0.1) is 0 Å². The molecule has 0 fully saturated rings. The van der Waals surface area contributed by atoms with Gasteiger partial charge >= 0.3 is 0 Å². The number of hydrazone groups is 1. The van der Waals surface area contributed by atoms with Crippen LogP contribution in [0.1, 0.15) is 23.0 Å². The Bertz CT molecular complexity index is 1260. The number of rotatable bonds is 6. The molecule has 0 atom stereocenters. The second-order valence-electron chi connectivity index (χ2n) is 6.90. The van der Waals surface area contributed by atoms with Gasteiger partial charge in [0.1, 0.15) is 17.2 Å². The quantitative estimate of drug-likeness (QED) is 0.362. The molecule has 3 aromatic carbocycles. The highest BCUT2D eigenvalue weighted by atomic mass is 16.5. The van der Waals surface area contributed by atoms with Gasteiger partial charge in [-0.2, -0.15) is 10.2 Å². The molecule has 0 aliphatic heterocycles. The van der Waals surface area contributed by atoms with E-state index in [0.717, 1.165) is 27.6 Å². The topological polar surface area (TPSA) is 88.6 Å². The lowest BCUT2D eigenvalue weighted by atomic mass is 10.0. The maximum Gasteiger partial charge on any atom is 0.289 e. The number of ether oxygens (including phenoxy) is 2. The summed E-state index contributed by atoms with van der Waals surface area (Å²) in [5.41, 5.74) is 5.88. The Balaban J connectivity index is 1.58. The van der Waals surface area contributed by atoms with Gasteiger partial charge in [-0.25, -0.2) is 5.43 Å². The number of carbonyl (C=O) groups excluding carboxylic acids is 1. The number of aromatic nitrogens is 2. The van der Waals surface area contributed by atoms with Crippen LogP contribution in [0.2, 0.25) is 0 Å². The molecular weight excluding hydrogens is 392 g/mol. The van der Waals surface area contributed by atoms with E-state index in [-0.39, 0.29) is 5.91 Å². The molecule has 0 unspecified atom stereocenters. The number of hydrogen-bond acceptors (Lipinski definition) is 5. The van der Waals surface area contributed by atoms with E-state index in [1.54, 1.807) is 20.3 Å². The van der Waals surface area contributed by atoms with Gasteiger partial charge in [0.25, 0.3) is 5.91 Å². The van der Waals surface area contributed by atoms with Gasteiger partial charge in [-0.1, -0.05) is 30.3 Å². The van der Waals surface area contributed by atoms with Crippen LogP contribution >= 0.6 is 0 Å². The SMILES string of the molecule is COc1ccc(C(C)=NNC(=O)c2cc(-c3c(OC)ccc4ccccc34)n[nH]2)cc1. The van der Waals surface area contributed by atoms with Crippen LogP contribution in [0.25, 0.3) is 22.0 Å². The predicted molar refractivity (Wildman–Crippen MR) is 121 cm³/mol. The molecule has 31 heavy (non-hydrogen) atoms. The van der Waals surface area contributed by atoms with Crippen molar-refractivity contribution in [1.82, 2.24) is 15.6 Å². The van der Waals surface area contributed by atoms with Crippen molar-refractivity contribution >= 4 is 22.4 Å². The maximum atomic E-state index is 12.6. The smallest absolute Gasteiger partial charge is 0.289 e. The highest BCUT2D eigenvalue weighted by Crippen LogP contribution is 2.36. The molecule has 0 saturated heterocycles. The van der Waals surface area contributed by atoms with Crippen LogP contribution in [0.4, 0.5) is 0 Å². The van der Waals surface area contributed by atoms with Gasteiger partial charge in [0.15, 0.2) is 0 Å². The monoisotopic (exact) mass is 414 g/mol. The Hall–Kier alpha value is -4.13. The third-order valence-corrected chi connectivity index (χ3v) is 5.02. The van der Waals surface area contributed by atoms with Crippen molar-refractivity contribution in [2.24, 2.45) is 5.10 Å². The fourth-order valence-corrected chi connectivity index (χ4v) is 3.34. The maximum absolute atomic E-state index is 12.6. The van der Waals surface area contributed by atoms with Crippen molar-refractivity contribution < 1.29 is 14.3 Å². The fourth-order valence-electron chi connectivity index (χ4n) is 3.34. The minimum atomic E-state index is -0.384. The lowest BCUT2D eigenvalue weighted by Gasteiger charge is -2.09. The number of fused-ring (bicyclic) bond motifs is 1. The number of nitrogens with zero attached hydrogens (tertiary/aromatic N) is 2. The van der Waals surface area contributed by atoms with Crippen molar-refractivity contribution in [3.05, 3.63) is 78.0 Å². The van der Waals surface area contributed by atoms with Crippen LogP contribution in [0.3, 0.4) is 0 Å². The summed E-state index contributed by atoms with van der Waals surface area (Å²) in [6.45, 7) is 1.82. The van der Waals surface area contributed by atoms with Gasteiger partial charge in [-0.05, 0) is 59.7 Å². The van der Waals surface area contributed by atoms with E-state index in [1.165, 1.54) is 0 Å². The van der Waals surface area contributed by atoms with Crippen molar-refractivity contribution in [3.63, 3.8) is 0 Å². The Morgan fingerprint density at radius 3 is 2.52 bits per heavy atom. The summed E-state index contributed by atoms with van der Waals surface area (Å²) in [5.74, 6) is 1.06. The zero-order chi connectivity index (χ0) is 21.8. The average Bonchev–Trinajstić information content (AvgIpc) is 3.31. The minimum absolute atomic E-state index is 0.302. The molecule has 4 rings (SSSR count). The largest absolute Gasteiger partial charge is 0.497 e. The Labute approximate surface area is 179 Å². The second kappa shape index (κ2) is 8.71. The van der Waals surface area contributed by atoms with Gasteiger partial charge < -0.3 is 9.47 Å². The van der Waals surface area contributed by atoms with Crippen LogP contribution in [-0.4, -0.2) is 36.0 Å². The highest BCUT2D eigenvalue weighted by molar-refractivity contribution is 6.02. The van der Waals surface area contributed by atoms with Crippen molar-refractivity contribution in [2.45, 2.75) is 6.92 Å². The number of H-pyrrole nitrogens is 1. The van der Waals surface area contributed by atoms with E-state index in [0.29, 0.717) is 22.8 Å². The van der Waals surface area contributed by atoms with E-state index in [4.69, 9.17) is 9.47 Å². The van der Waals surface area contributed by atoms with Gasteiger partial charge in [-0.3, -0.25) is 9.89 Å². The summed E-state index contributed by atoms with van der Waals surface area (Å²) in [5, 5.41) is 13.4. The van der Waals surface area contributed by atoms with Crippen LogP contribution < -0.4 is 14.9 Å². The van der Waals surface area contributed by atoms with Gasteiger partial charge in [0.2, 0.25) is 0 Å². The number of nitrogens with one attached hydrogen (secondary N) is 2. The standard InChI is InChI=1S/C24H22N4O3/c1-15(16-8-11-18(30-2)12-9-16)25-28-24(29)21-14-20(26-27-21)23-19-7-5-4-6-17(19)10-13-22(23)31-3/h4-14H,1-3H3,(H,26,27)(H,28,29). The molecule has 0 spiro atoms. The molecule has 1 amide bonds. The minimum Gasteiger partial charge on any atom is -0.497 e. The molecular formula is C24H22N4O3. The highest BCUT2D eigenvalue weighted by Gasteiger charge is 2.16. The lowest BCUT2D eigenvalue weighted by Crippen LogP contribution is -2.19. The fraction of sp³-hybridized carbons (Fsp3) is 0.125. The van der Waals surface area contributed by atoms with E-state index < -0.39 is 0 Å². The van der Waals surface area contributed by atoms with Gasteiger partial charge in [-0.15, -0.1) is 0 Å². The number of hydrogen-bond donors (Lipinski definition) is 2. The molecule has 0 aliphatic rings. The number of aromatic amines is 1. The number of carbonyl (C=O) groups is 1. The lowest BCUT2D eigenvalue weighted by molar-refractivity contribution is 0.0950. The molecule has 7 heteroatoms. The summed E-state index contributed by atoms with van der Waals surface area (Å²) in [7, 11) is 3.23. The number of methoxy groups -OCH3 is 2. The van der Waals surface area contributed by atoms with E-state index in [2.05, 4.69) is 20.7 Å². The third kappa shape index (κ3) is 4.11. The zero-order valence-electron chi connectivity index (χ0n) is 17.5. The molecule has 0 radical (unpaired) electrons. The third-order valence-electron chi connectivity index (χ3n) is 5.02. The van der Waals surface area contributed by atoms with Crippen LogP contribution in [0.5, 0.6) is 11.5 Å². The molecule has 1 heterocycles. The molecule has 156 valence electrons. The Morgan fingerprint density at radius 2 is 1.77 bits per heavy atom. The first-order valence-electron chi connectivity index (χ1n) is 9.71. The summed E-state index contributed by atoms with van der Waals surface area (Å²) >= 11 is 0. The first-order valence-corrected chi connectivity index (χ1v) is 9.71. The van der Waals surface area contributed by atoms with Crippen LogP contribution in [0.15, 0.2) is 71.8 Å². The first-order chi connectivity index (χ1) is 15.1. The number of amides is 1. The predicted octanol–water partition coefficient (Wildman–Crippen LogP) is 4.40. The molecule has 4 aromatic rings. The summed E-state index contributed by atoms with van der Waals surface area (Å²) < 4.78 is 10.7. The molecule has 0 aliphatic carbocycles. The molecule has 0 bridgehead atoms. The molecule has 2 N–H and O–H groups in total. The summed E-state index contributed by atoms with van der Waals surface area (Å²) in [6.07, 6.45) is 0. The number of benzene rings is 3. The second-order valence-corrected chi connectivity index (χ2v) is 6.90. The van der Waals surface area contributed by atoms with Crippen molar-refractivity contribution in [2.75, 3.05) is 14.2 Å². The Morgan fingerprint density at radius 1 is 1.00 bits per heavy atom. The van der Waals surface area contributed by atoms with Crippen molar-refractivity contribution in [3.8, 4) is 22.8 Å². The van der Waals surface area contributed by atoms with E-state index in [1.807, 2.05) is 67.6 Å². The van der Waals surface area contributed by atoms with E-state index >= 15 is 0 Å². The molecule has 0 saturated carbocycles. The van der Waals surface area contributed by atoms with Crippen LogP contribution in [-0.2, 0) is 0 Å². The summed E-state index contributed by atoms with van der Waals surface area (Å²) in [4.78, 5) is 12.6. The van der Waals surface area contributed by atoms with E-state index in [9.17, 15) is 4.79 Å². The van der Waals surface area contributed by atoms with Gasteiger partial charge in [0, 0.05) is 0 Å². The molecule has 1 aromatic heterocycles. The van der Waals surface area contributed by atoms with Crippen molar-refractivity contribution in [1.29, 1.82) is 0 Å². The average molecular weight is 414 g/mol. The normalized spacial score (nSPS) is 11.4.